The molecule has 0 fully saturated rings. The second kappa shape index (κ2) is 9.39. The summed E-state index contributed by atoms with van der Waals surface area (Å²) in [6.07, 6.45) is 0.993. The Morgan fingerprint density at radius 2 is 1.92 bits per heavy atom. The molecule has 0 aliphatic rings. The first-order valence-corrected chi connectivity index (χ1v) is 9.11. The summed E-state index contributed by atoms with van der Waals surface area (Å²) >= 11 is 6.01. The zero-order chi connectivity index (χ0) is 19.1. The Bertz CT molecular complexity index is 785. The highest BCUT2D eigenvalue weighted by Gasteiger charge is 2.07. The van der Waals surface area contributed by atoms with E-state index in [0.717, 1.165) is 34.0 Å². The number of halogens is 1. The van der Waals surface area contributed by atoms with Crippen molar-refractivity contribution in [2.24, 2.45) is 11.0 Å². The minimum Gasteiger partial charge on any atom is -0.489 e. The topological polar surface area (TPSA) is 50.7 Å². The lowest BCUT2D eigenvalue weighted by Gasteiger charge is -2.09. The van der Waals surface area contributed by atoms with Gasteiger partial charge < -0.3 is 4.74 Å². The molecule has 26 heavy (non-hydrogen) atoms. The van der Waals surface area contributed by atoms with Crippen LogP contribution in [0.1, 0.15) is 48.7 Å². The van der Waals surface area contributed by atoms with Gasteiger partial charge in [0.05, 0.1) is 0 Å². The van der Waals surface area contributed by atoms with Gasteiger partial charge in [0.1, 0.15) is 12.4 Å². The third-order valence-corrected chi connectivity index (χ3v) is 4.83. The van der Waals surface area contributed by atoms with E-state index in [1.165, 1.54) is 0 Å². The van der Waals surface area contributed by atoms with E-state index in [9.17, 15) is 4.79 Å². The first-order chi connectivity index (χ1) is 12.4. The van der Waals surface area contributed by atoms with E-state index in [-0.39, 0.29) is 5.91 Å². The van der Waals surface area contributed by atoms with Gasteiger partial charge >= 0.3 is 0 Å². The van der Waals surface area contributed by atoms with E-state index < -0.39 is 0 Å². The number of rotatable bonds is 7. The van der Waals surface area contributed by atoms with Crippen molar-refractivity contribution in [2.45, 2.75) is 40.7 Å². The summed E-state index contributed by atoms with van der Waals surface area (Å²) < 4.78 is 5.76. The number of nitrogens with one attached hydrogen (secondary N) is 1. The smallest absolute Gasteiger partial charge is 0.271 e. The van der Waals surface area contributed by atoms with Crippen molar-refractivity contribution >= 4 is 23.2 Å². The van der Waals surface area contributed by atoms with Gasteiger partial charge in [-0.15, -0.1) is 0 Å². The molecule has 4 nitrogen and oxygen atoms in total. The molecule has 0 aliphatic carbocycles. The van der Waals surface area contributed by atoms with Crippen LogP contribution in [0.5, 0.6) is 5.75 Å². The lowest BCUT2D eigenvalue weighted by atomic mass is 10.1. The molecule has 5 heteroatoms. The highest BCUT2D eigenvalue weighted by atomic mass is 35.5. The van der Waals surface area contributed by atoms with Gasteiger partial charge in [0.15, 0.2) is 0 Å². The maximum Gasteiger partial charge on any atom is 0.271 e. The maximum atomic E-state index is 12.2. The molecule has 1 unspecified atom stereocenters. The summed E-state index contributed by atoms with van der Waals surface area (Å²) in [4.78, 5) is 12.2. The number of amides is 1. The number of nitrogens with zero attached hydrogens (tertiary/aromatic N) is 1. The number of hydrazone groups is 1. The Balaban J connectivity index is 1.93. The van der Waals surface area contributed by atoms with Gasteiger partial charge in [-0.05, 0) is 67.6 Å². The van der Waals surface area contributed by atoms with Crippen molar-refractivity contribution in [3.8, 4) is 5.75 Å². The molecule has 0 heterocycles. The molecule has 0 radical (unpaired) electrons. The molecule has 1 atom stereocenters. The van der Waals surface area contributed by atoms with Crippen LogP contribution in [0.3, 0.4) is 0 Å². The monoisotopic (exact) mass is 372 g/mol. The van der Waals surface area contributed by atoms with Crippen LogP contribution in [0.4, 0.5) is 0 Å². The van der Waals surface area contributed by atoms with Gasteiger partial charge in [-0.25, -0.2) is 5.43 Å². The molecule has 0 bridgehead atoms. The van der Waals surface area contributed by atoms with Crippen LogP contribution in [0.2, 0.25) is 5.02 Å². The Morgan fingerprint density at radius 1 is 1.23 bits per heavy atom. The fourth-order valence-corrected chi connectivity index (χ4v) is 2.35. The third-order valence-electron chi connectivity index (χ3n) is 4.41. The van der Waals surface area contributed by atoms with Gasteiger partial charge in [0, 0.05) is 16.3 Å². The zero-order valence-electron chi connectivity index (χ0n) is 15.7. The molecule has 0 saturated heterocycles. The van der Waals surface area contributed by atoms with Crippen molar-refractivity contribution < 1.29 is 9.53 Å². The third kappa shape index (κ3) is 5.60. The van der Waals surface area contributed by atoms with Crippen LogP contribution in [0.25, 0.3) is 0 Å². The number of carbonyl (C=O) groups is 1. The van der Waals surface area contributed by atoms with Gasteiger partial charge in [-0.3, -0.25) is 4.79 Å². The molecule has 2 aromatic rings. The Kier molecular flexibility index (Phi) is 7.22. The molecular formula is C21H25ClN2O2. The average molecular weight is 373 g/mol. The highest BCUT2D eigenvalue weighted by molar-refractivity contribution is 6.31. The summed E-state index contributed by atoms with van der Waals surface area (Å²) in [6, 6.07) is 12.9. The zero-order valence-corrected chi connectivity index (χ0v) is 16.4. The van der Waals surface area contributed by atoms with E-state index in [1.54, 1.807) is 12.1 Å². The normalized spacial score (nSPS) is 12.6. The number of hydrogen-bond acceptors (Lipinski definition) is 3. The standard InChI is InChI=1S/C21H25ClN2O2/c1-5-14(2)16(4)23-24-21(25)18-8-6-17(7-9-18)13-26-19-10-11-20(22)15(3)12-19/h6-12,14H,5,13H2,1-4H3,(H,24,25)/b23-16+. The number of benzene rings is 2. The summed E-state index contributed by atoms with van der Waals surface area (Å²) in [5, 5.41) is 4.89. The number of ether oxygens (including phenoxy) is 1. The average Bonchev–Trinajstić information content (AvgIpc) is 2.66. The van der Waals surface area contributed by atoms with Crippen molar-refractivity contribution in [2.75, 3.05) is 0 Å². The molecule has 0 aromatic heterocycles. The second-order valence-corrected chi connectivity index (χ2v) is 6.81. The summed E-state index contributed by atoms with van der Waals surface area (Å²) in [5.41, 5.74) is 6.05. The maximum absolute atomic E-state index is 12.2. The van der Waals surface area contributed by atoms with Gasteiger partial charge in [-0.2, -0.15) is 5.10 Å². The summed E-state index contributed by atoms with van der Waals surface area (Å²) in [6.45, 7) is 8.47. The van der Waals surface area contributed by atoms with Crippen molar-refractivity contribution in [3.05, 3.63) is 64.2 Å². The number of hydrogen-bond donors (Lipinski definition) is 1. The molecule has 2 rings (SSSR count). The predicted octanol–water partition coefficient (Wildman–Crippen LogP) is 5.38. The van der Waals surface area contributed by atoms with E-state index in [4.69, 9.17) is 16.3 Å². The largest absolute Gasteiger partial charge is 0.489 e. The molecule has 2 aromatic carbocycles. The SMILES string of the molecule is CCC(C)/C(C)=N/NC(=O)c1ccc(COc2ccc(Cl)c(C)c2)cc1. The van der Waals surface area contributed by atoms with Gasteiger partial charge in [0.25, 0.3) is 5.91 Å². The van der Waals surface area contributed by atoms with Crippen LogP contribution < -0.4 is 10.2 Å². The Morgan fingerprint density at radius 3 is 2.54 bits per heavy atom. The van der Waals surface area contributed by atoms with Crippen LogP contribution in [-0.4, -0.2) is 11.6 Å². The van der Waals surface area contributed by atoms with Gasteiger partial charge in [0.2, 0.25) is 0 Å². The highest BCUT2D eigenvalue weighted by Crippen LogP contribution is 2.21. The predicted molar refractivity (Wildman–Crippen MR) is 107 cm³/mol. The van der Waals surface area contributed by atoms with Gasteiger partial charge in [-0.1, -0.05) is 37.6 Å². The molecule has 0 saturated carbocycles. The second-order valence-electron chi connectivity index (χ2n) is 6.40. The molecule has 138 valence electrons. The molecule has 0 spiro atoms. The van der Waals surface area contributed by atoms with Crippen LogP contribution in [0.15, 0.2) is 47.6 Å². The van der Waals surface area contributed by atoms with Crippen molar-refractivity contribution in [1.29, 1.82) is 0 Å². The van der Waals surface area contributed by atoms with E-state index in [2.05, 4.69) is 24.4 Å². The van der Waals surface area contributed by atoms with Crippen LogP contribution >= 0.6 is 11.6 Å². The minimum atomic E-state index is -0.214. The van der Waals surface area contributed by atoms with E-state index >= 15 is 0 Å². The summed E-state index contributed by atoms with van der Waals surface area (Å²) in [7, 11) is 0. The number of carbonyl (C=O) groups excluding carboxylic acids is 1. The molecule has 1 amide bonds. The fraction of sp³-hybridized carbons (Fsp3) is 0.333. The minimum absolute atomic E-state index is 0.214. The number of aryl methyl sites for hydroxylation is 1. The lowest BCUT2D eigenvalue weighted by Crippen LogP contribution is -2.21. The lowest BCUT2D eigenvalue weighted by molar-refractivity contribution is 0.0954. The molecular weight excluding hydrogens is 348 g/mol. The van der Waals surface area contributed by atoms with Crippen molar-refractivity contribution in [1.82, 2.24) is 5.43 Å². The first-order valence-electron chi connectivity index (χ1n) is 8.73. The van der Waals surface area contributed by atoms with E-state index in [0.29, 0.717) is 18.1 Å². The van der Waals surface area contributed by atoms with E-state index in [1.807, 2.05) is 44.2 Å². The summed E-state index contributed by atoms with van der Waals surface area (Å²) in [5.74, 6) is 0.906. The first kappa shape index (κ1) is 20.0. The quantitative estimate of drug-likeness (QED) is 0.524. The Labute approximate surface area is 160 Å². The fourth-order valence-electron chi connectivity index (χ4n) is 2.24. The molecule has 1 N–H and O–H groups in total. The van der Waals surface area contributed by atoms with Crippen LogP contribution in [0, 0.1) is 12.8 Å². The van der Waals surface area contributed by atoms with Crippen LogP contribution in [-0.2, 0) is 6.61 Å². The Hall–Kier alpha value is -2.33. The van der Waals surface area contributed by atoms with Crippen molar-refractivity contribution in [3.63, 3.8) is 0 Å². The molecule has 0 aliphatic heterocycles.